The number of likely N-dealkylation sites (tertiary alicyclic amines) is 1. The Kier molecular flexibility index (Phi) is 3.64. The molecule has 1 aliphatic heterocycles. The molecular formula is C12H17N5O2. The van der Waals surface area contributed by atoms with Crippen LogP contribution in [0.25, 0.3) is 0 Å². The molecule has 0 saturated carbocycles. The van der Waals surface area contributed by atoms with E-state index in [4.69, 9.17) is 10.9 Å². The molecule has 0 spiro atoms. The van der Waals surface area contributed by atoms with Gasteiger partial charge < -0.3 is 15.8 Å². The summed E-state index contributed by atoms with van der Waals surface area (Å²) in [5.41, 5.74) is 5.88. The lowest BCUT2D eigenvalue weighted by Gasteiger charge is -2.38. The quantitative estimate of drug-likeness (QED) is 0.349. The largest absolute Gasteiger partial charge is 0.409 e. The maximum Gasteiger partial charge on any atom is 0.255 e. The zero-order chi connectivity index (χ0) is 13.9. The molecule has 1 aromatic rings. The van der Waals surface area contributed by atoms with Crippen molar-refractivity contribution in [1.82, 2.24) is 15.1 Å². The van der Waals surface area contributed by atoms with E-state index in [1.807, 2.05) is 6.92 Å². The van der Waals surface area contributed by atoms with Gasteiger partial charge in [0.2, 0.25) is 0 Å². The smallest absolute Gasteiger partial charge is 0.255 e. The van der Waals surface area contributed by atoms with Crippen LogP contribution in [0.2, 0.25) is 0 Å². The van der Waals surface area contributed by atoms with E-state index in [0.717, 1.165) is 0 Å². The molecule has 3 N–H and O–H groups in total. The number of carbonyl (C=O) groups excluding carboxylic acids is 1. The molecule has 0 unspecified atom stereocenters. The first kappa shape index (κ1) is 13.3. The summed E-state index contributed by atoms with van der Waals surface area (Å²) in [6.07, 6.45) is 4.30. The second kappa shape index (κ2) is 5.21. The van der Waals surface area contributed by atoms with Crippen LogP contribution in [0.4, 0.5) is 0 Å². The fourth-order valence-electron chi connectivity index (χ4n) is 2.18. The Morgan fingerprint density at radius 3 is 2.68 bits per heavy atom. The predicted molar refractivity (Wildman–Crippen MR) is 68.7 cm³/mol. The molecule has 2 rings (SSSR count). The lowest BCUT2D eigenvalue weighted by molar-refractivity contribution is 0.0666. The van der Waals surface area contributed by atoms with Crippen molar-refractivity contribution < 1.29 is 10.0 Å². The van der Waals surface area contributed by atoms with E-state index in [-0.39, 0.29) is 17.2 Å². The summed E-state index contributed by atoms with van der Waals surface area (Å²) in [4.78, 5) is 14.0. The number of piperidine rings is 1. The van der Waals surface area contributed by atoms with Gasteiger partial charge in [0.15, 0.2) is 0 Å². The summed E-state index contributed by atoms with van der Waals surface area (Å²) >= 11 is 0. The number of amides is 1. The van der Waals surface area contributed by atoms with Crippen molar-refractivity contribution in [2.24, 2.45) is 16.3 Å². The second-order valence-corrected chi connectivity index (χ2v) is 4.97. The first-order valence-electron chi connectivity index (χ1n) is 6.11. The zero-order valence-electron chi connectivity index (χ0n) is 10.8. The highest BCUT2D eigenvalue weighted by Gasteiger charge is 2.35. The fourth-order valence-corrected chi connectivity index (χ4v) is 2.18. The van der Waals surface area contributed by atoms with Crippen molar-refractivity contribution in [3.05, 3.63) is 24.0 Å². The number of nitrogens with two attached hydrogens (primary N) is 1. The van der Waals surface area contributed by atoms with Gasteiger partial charge in [0.25, 0.3) is 5.91 Å². The molecule has 1 aliphatic rings. The Morgan fingerprint density at radius 2 is 2.16 bits per heavy atom. The SMILES string of the molecule is CC1(/C(N)=N/O)CCN(C(=O)c2ccnnc2)CC1. The van der Waals surface area contributed by atoms with Gasteiger partial charge in [-0.15, -0.1) is 0 Å². The van der Waals surface area contributed by atoms with Crippen LogP contribution in [0.15, 0.2) is 23.6 Å². The van der Waals surface area contributed by atoms with Crippen LogP contribution in [0, 0.1) is 5.41 Å². The molecule has 102 valence electrons. The Labute approximate surface area is 111 Å². The summed E-state index contributed by atoms with van der Waals surface area (Å²) < 4.78 is 0. The first-order chi connectivity index (χ1) is 9.07. The topological polar surface area (TPSA) is 105 Å². The molecule has 7 heteroatoms. The molecule has 19 heavy (non-hydrogen) atoms. The number of nitrogens with zero attached hydrogens (tertiary/aromatic N) is 4. The van der Waals surface area contributed by atoms with E-state index >= 15 is 0 Å². The van der Waals surface area contributed by atoms with Crippen LogP contribution < -0.4 is 5.73 Å². The van der Waals surface area contributed by atoms with E-state index in [0.29, 0.717) is 31.5 Å². The third-order valence-corrected chi connectivity index (χ3v) is 3.71. The molecule has 0 aliphatic carbocycles. The van der Waals surface area contributed by atoms with Gasteiger partial charge in [-0.3, -0.25) is 4.79 Å². The zero-order valence-corrected chi connectivity index (χ0v) is 10.8. The highest BCUT2D eigenvalue weighted by atomic mass is 16.4. The average Bonchev–Trinajstić information content (AvgIpc) is 2.47. The molecule has 1 amide bonds. The van der Waals surface area contributed by atoms with Gasteiger partial charge in [0.1, 0.15) is 5.84 Å². The van der Waals surface area contributed by atoms with Crippen molar-refractivity contribution >= 4 is 11.7 Å². The number of aromatic nitrogens is 2. The van der Waals surface area contributed by atoms with Gasteiger partial charge in [-0.25, -0.2) is 0 Å². The van der Waals surface area contributed by atoms with Gasteiger partial charge in [0, 0.05) is 18.5 Å². The van der Waals surface area contributed by atoms with E-state index in [1.54, 1.807) is 11.0 Å². The second-order valence-electron chi connectivity index (χ2n) is 4.97. The Bertz CT molecular complexity index is 480. The van der Waals surface area contributed by atoms with E-state index in [9.17, 15) is 4.79 Å². The first-order valence-corrected chi connectivity index (χ1v) is 6.11. The number of hydrogen-bond donors (Lipinski definition) is 2. The predicted octanol–water partition coefficient (Wildman–Crippen LogP) is 0.465. The van der Waals surface area contributed by atoms with Crippen LogP contribution in [0.1, 0.15) is 30.1 Å². The molecule has 1 fully saturated rings. The van der Waals surface area contributed by atoms with Crippen molar-refractivity contribution in [2.75, 3.05) is 13.1 Å². The van der Waals surface area contributed by atoms with E-state index < -0.39 is 0 Å². The number of hydrogen-bond acceptors (Lipinski definition) is 5. The third kappa shape index (κ3) is 2.64. The molecule has 0 aromatic carbocycles. The average molecular weight is 263 g/mol. The summed E-state index contributed by atoms with van der Waals surface area (Å²) in [6, 6.07) is 1.65. The van der Waals surface area contributed by atoms with Gasteiger partial charge in [0.05, 0.1) is 18.0 Å². The molecule has 7 nitrogen and oxygen atoms in total. The van der Waals surface area contributed by atoms with Crippen molar-refractivity contribution in [3.8, 4) is 0 Å². The van der Waals surface area contributed by atoms with Gasteiger partial charge in [-0.2, -0.15) is 10.2 Å². The summed E-state index contributed by atoms with van der Waals surface area (Å²) in [7, 11) is 0. The summed E-state index contributed by atoms with van der Waals surface area (Å²) in [5.74, 6) is 0.168. The maximum atomic E-state index is 12.2. The molecule has 0 radical (unpaired) electrons. The number of rotatable bonds is 2. The van der Waals surface area contributed by atoms with Crippen LogP contribution in [-0.2, 0) is 0 Å². The third-order valence-electron chi connectivity index (χ3n) is 3.71. The maximum absolute atomic E-state index is 12.2. The molecule has 0 atom stereocenters. The fraction of sp³-hybridized carbons (Fsp3) is 0.500. The van der Waals surface area contributed by atoms with Crippen molar-refractivity contribution in [2.45, 2.75) is 19.8 Å². The monoisotopic (exact) mass is 263 g/mol. The minimum absolute atomic E-state index is 0.0588. The Balaban J connectivity index is 2.03. The summed E-state index contributed by atoms with van der Waals surface area (Å²) in [5, 5.41) is 19.2. The van der Waals surface area contributed by atoms with Gasteiger partial charge in [-0.05, 0) is 18.9 Å². The van der Waals surface area contributed by atoms with E-state index in [2.05, 4.69) is 15.4 Å². The van der Waals surface area contributed by atoms with Crippen LogP contribution in [0.5, 0.6) is 0 Å². The normalized spacial score (nSPS) is 19.2. The number of amidine groups is 1. The number of carbonyl (C=O) groups is 1. The highest BCUT2D eigenvalue weighted by Crippen LogP contribution is 2.31. The number of oxime groups is 1. The Morgan fingerprint density at radius 1 is 1.47 bits per heavy atom. The standard InChI is InChI=1S/C12H17N5O2/c1-12(11(13)16-19)3-6-17(7-4-12)10(18)9-2-5-14-15-8-9/h2,5,8,19H,3-4,6-7H2,1H3,(H2,13,16). The van der Waals surface area contributed by atoms with Crippen LogP contribution >= 0.6 is 0 Å². The molecule has 2 heterocycles. The minimum Gasteiger partial charge on any atom is -0.409 e. The molecule has 1 aromatic heterocycles. The van der Waals surface area contributed by atoms with Crippen LogP contribution in [0.3, 0.4) is 0 Å². The van der Waals surface area contributed by atoms with Crippen molar-refractivity contribution in [1.29, 1.82) is 0 Å². The lowest BCUT2D eigenvalue weighted by atomic mass is 9.79. The van der Waals surface area contributed by atoms with Gasteiger partial charge >= 0.3 is 0 Å². The lowest BCUT2D eigenvalue weighted by Crippen LogP contribution is -2.47. The molecular weight excluding hydrogens is 246 g/mol. The Hall–Kier alpha value is -2.18. The molecule has 1 saturated heterocycles. The van der Waals surface area contributed by atoms with E-state index in [1.165, 1.54) is 12.4 Å². The van der Waals surface area contributed by atoms with Crippen molar-refractivity contribution in [3.63, 3.8) is 0 Å². The minimum atomic E-state index is -0.345. The highest BCUT2D eigenvalue weighted by molar-refractivity contribution is 5.94. The van der Waals surface area contributed by atoms with Crippen LogP contribution in [-0.4, -0.2) is 45.1 Å². The molecule has 0 bridgehead atoms. The van der Waals surface area contributed by atoms with Gasteiger partial charge in [-0.1, -0.05) is 12.1 Å². The summed E-state index contributed by atoms with van der Waals surface area (Å²) in [6.45, 7) is 3.10.